The third-order valence-corrected chi connectivity index (χ3v) is 5.08. The second-order valence-corrected chi connectivity index (χ2v) is 6.80. The Hall–Kier alpha value is -3.13. The van der Waals surface area contributed by atoms with Gasteiger partial charge in [0, 0.05) is 23.9 Å². The van der Waals surface area contributed by atoms with Crippen molar-refractivity contribution in [3.05, 3.63) is 75.7 Å². The van der Waals surface area contributed by atoms with E-state index < -0.39 is 17.5 Å². The van der Waals surface area contributed by atoms with E-state index in [-0.39, 0.29) is 23.2 Å². The highest BCUT2D eigenvalue weighted by molar-refractivity contribution is 6.04. The van der Waals surface area contributed by atoms with Crippen molar-refractivity contribution < 1.29 is 13.6 Å². The van der Waals surface area contributed by atoms with Crippen LogP contribution in [0.15, 0.2) is 47.3 Å². The summed E-state index contributed by atoms with van der Waals surface area (Å²) in [5.41, 5.74) is 0.376. The smallest absolute Gasteiger partial charge is 0.272 e. The van der Waals surface area contributed by atoms with Gasteiger partial charge in [0.25, 0.3) is 11.5 Å². The first kappa shape index (κ1) is 18.2. The maximum Gasteiger partial charge on any atom is 0.272 e. The summed E-state index contributed by atoms with van der Waals surface area (Å²) in [4.78, 5) is 24.8. The maximum atomic E-state index is 13.7. The van der Waals surface area contributed by atoms with Gasteiger partial charge in [-0.05, 0) is 36.7 Å². The molecule has 2 atom stereocenters. The molecule has 6 nitrogen and oxygen atoms in total. The van der Waals surface area contributed by atoms with Crippen LogP contribution in [-0.2, 0) is 0 Å². The first-order valence-electron chi connectivity index (χ1n) is 8.98. The van der Waals surface area contributed by atoms with Crippen molar-refractivity contribution in [2.75, 3.05) is 13.1 Å². The van der Waals surface area contributed by atoms with Crippen LogP contribution in [0.5, 0.6) is 0 Å². The van der Waals surface area contributed by atoms with Crippen molar-refractivity contribution in [3.63, 3.8) is 0 Å². The van der Waals surface area contributed by atoms with Gasteiger partial charge in [-0.2, -0.15) is 5.10 Å². The van der Waals surface area contributed by atoms with Gasteiger partial charge in [0.05, 0.1) is 5.39 Å². The molecule has 1 aromatic heterocycles. The third kappa shape index (κ3) is 3.38. The Labute approximate surface area is 159 Å². The molecule has 0 radical (unpaired) electrons. The number of aromatic amines is 1. The molecule has 1 aliphatic heterocycles. The molecule has 8 heteroatoms. The Balaban J connectivity index is 1.63. The lowest BCUT2D eigenvalue weighted by atomic mass is 9.86. The zero-order valence-corrected chi connectivity index (χ0v) is 14.8. The van der Waals surface area contributed by atoms with E-state index in [9.17, 15) is 18.4 Å². The average molecular weight is 384 g/mol. The summed E-state index contributed by atoms with van der Waals surface area (Å²) in [6, 6.07) is 10.2. The van der Waals surface area contributed by atoms with E-state index in [1.165, 1.54) is 6.07 Å². The topological polar surface area (TPSA) is 86.9 Å². The molecule has 2 aromatic carbocycles. The molecule has 3 N–H and O–H groups in total. The van der Waals surface area contributed by atoms with Crippen LogP contribution in [0.1, 0.15) is 28.4 Å². The van der Waals surface area contributed by atoms with Crippen molar-refractivity contribution >= 4 is 16.7 Å². The number of benzene rings is 2. The van der Waals surface area contributed by atoms with E-state index >= 15 is 0 Å². The average Bonchev–Trinajstić information content (AvgIpc) is 2.71. The molecule has 1 fully saturated rings. The number of piperidine rings is 1. The number of H-pyrrole nitrogens is 1. The minimum atomic E-state index is -0.908. The van der Waals surface area contributed by atoms with E-state index in [2.05, 4.69) is 20.8 Å². The van der Waals surface area contributed by atoms with Crippen LogP contribution >= 0.6 is 0 Å². The summed E-state index contributed by atoms with van der Waals surface area (Å²) >= 11 is 0. The number of rotatable bonds is 3. The number of hydrogen-bond acceptors (Lipinski definition) is 4. The SMILES string of the molecule is O=C(NC1CNCCC1c1ccc(F)c(F)c1)c1n[nH]c(=O)c2ccccc12. The van der Waals surface area contributed by atoms with Crippen molar-refractivity contribution in [2.45, 2.75) is 18.4 Å². The largest absolute Gasteiger partial charge is 0.346 e. The molecule has 0 aliphatic carbocycles. The van der Waals surface area contributed by atoms with Gasteiger partial charge in [0.1, 0.15) is 0 Å². The molecule has 1 amide bonds. The lowest BCUT2D eigenvalue weighted by Gasteiger charge is -2.33. The fourth-order valence-corrected chi connectivity index (χ4v) is 3.68. The quantitative estimate of drug-likeness (QED) is 0.645. The van der Waals surface area contributed by atoms with E-state index in [0.29, 0.717) is 35.8 Å². The molecule has 2 unspecified atom stereocenters. The van der Waals surface area contributed by atoms with Gasteiger partial charge in [-0.15, -0.1) is 0 Å². The molecule has 0 saturated carbocycles. The molecule has 144 valence electrons. The van der Waals surface area contributed by atoms with E-state index in [1.807, 2.05) is 0 Å². The molecule has 4 rings (SSSR count). The number of amides is 1. The minimum Gasteiger partial charge on any atom is -0.346 e. The second-order valence-electron chi connectivity index (χ2n) is 6.80. The number of hydrogen-bond donors (Lipinski definition) is 3. The van der Waals surface area contributed by atoms with Gasteiger partial charge in [-0.1, -0.05) is 24.3 Å². The zero-order valence-electron chi connectivity index (χ0n) is 14.8. The standard InChI is InChI=1S/C20H18F2N4O2/c21-15-6-5-11(9-16(15)22)12-7-8-23-10-17(12)24-20(28)18-13-3-1-2-4-14(13)19(27)26-25-18/h1-6,9,12,17,23H,7-8,10H2,(H,24,28)(H,26,27). The zero-order chi connectivity index (χ0) is 19.7. The summed E-state index contributed by atoms with van der Waals surface area (Å²) in [5.74, 6) is -2.42. The predicted molar refractivity (Wildman–Crippen MR) is 100 cm³/mol. The van der Waals surface area contributed by atoms with Crippen molar-refractivity contribution in [2.24, 2.45) is 0 Å². The van der Waals surface area contributed by atoms with E-state index in [0.717, 1.165) is 6.07 Å². The lowest BCUT2D eigenvalue weighted by Crippen LogP contribution is -2.50. The fourth-order valence-electron chi connectivity index (χ4n) is 3.68. The normalized spacial score (nSPS) is 19.5. The summed E-state index contributed by atoms with van der Waals surface area (Å²) in [5, 5.41) is 13.2. The van der Waals surface area contributed by atoms with Crippen LogP contribution in [0.25, 0.3) is 10.8 Å². The van der Waals surface area contributed by atoms with Crippen LogP contribution in [0.4, 0.5) is 8.78 Å². The molecule has 0 bridgehead atoms. The van der Waals surface area contributed by atoms with Gasteiger partial charge < -0.3 is 10.6 Å². The van der Waals surface area contributed by atoms with Crippen LogP contribution in [0.2, 0.25) is 0 Å². The fraction of sp³-hybridized carbons (Fsp3) is 0.250. The molecular weight excluding hydrogens is 366 g/mol. The van der Waals surface area contributed by atoms with Gasteiger partial charge in [0.2, 0.25) is 0 Å². The monoisotopic (exact) mass is 384 g/mol. The van der Waals surface area contributed by atoms with E-state index in [4.69, 9.17) is 0 Å². The third-order valence-electron chi connectivity index (χ3n) is 5.08. The van der Waals surface area contributed by atoms with Crippen molar-refractivity contribution in [1.29, 1.82) is 0 Å². The van der Waals surface area contributed by atoms with Crippen LogP contribution in [-0.4, -0.2) is 35.2 Å². The summed E-state index contributed by atoms with van der Waals surface area (Å²) in [6.07, 6.45) is 0.663. The minimum absolute atomic E-state index is 0.116. The highest BCUT2D eigenvalue weighted by atomic mass is 19.2. The molecule has 28 heavy (non-hydrogen) atoms. The number of halogens is 2. The number of nitrogens with one attached hydrogen (secondary N) is 3. The first-order valence-corrected chi connectivity index (χ1v) is 8.98. The summed E-state index contributed by atoms with van der Waals surface area (Å²) < 4.78 is 27.0. The molecular formula is C20H18F2N4O2. The molecule has 2 heterocycles. The van der Waals surface area contributed by atoms with Crippen LogP contribution in [0.3, 0.4) is 0 Å². The number of aromatic nitrogens is 2. The predicted octanol–water partition coefficient (Wildman–Crippen LogP) is 2.08. The van der Waals surface area contributed by atoms with Crippen molar-refractivity contribution in [3.8, 4) is 0 Å². The number of carbonyl (C=O) groups excluding carboxylic acids is 1. The molecule has 3 aromatic rings. The maximum absolute atomic E-state index is 13.7. The van der Waals surface area contributed by atoms with Crippen LogP contribution in [0, 0.1) is 11.6 Å². The van der Waals surface area contributed by atoms with Gasteiger partial charge >= 0.3 is 0 Å². The molecule has 1 aliphatic rings. The van der Waals surface area contributed by atoms with E-state index in [1.54, 1.807) is 30.3 Å². The number of fused-ring (bicyclic) bond motifs is 1. The summed E-state index contributed by atoms with van der Waals surface area (Å²) in [6.45, 7) is 1.19. The highest BCUT2D eigenvalue weighted by Crippen LogP contribution is 2.27. The Morgan fingerprint density at radius 1 is 1.11 bits per heavy atom. The second kappa shape index (κ2) is 7.47. The van der Waals surface area contributed by atoms with Gasteiger partial charge in [-0.25, -0.2) is 13.9 Å². The van der Waals surface area contributed by atoms with Crippen molar-refractivity contribution in [1.82, 2.24) is 20.8 Å². The first-order chi connectivity index (χ1) is 13.5. The lowest BCUT2D eigenvalue weighted by molar-refractivity contribution is 0.0920. The summed E-state index contributed by atoms with van der Waals surface area (Å²) in [7, 11) is 0. The van der Waals surface area contributed by atoms with Gasteiger partial charge in [-0.3, -0.25) is 9.59 Å². The Bertz CT molecular complexity index is 1100. The number of nitrogens with zero attached hydrogens (tertiary/aromatic N) is 1. The van der Waals surface area contributed by atoms with Gasteiger partial charge in [0.15, 0.2) is 17.3 Å². The Morgan fingerprint density at radius 3 is 2.68 bits per heavy atom. The van der Waals surface area contributed by atoms with Crippen LogP contribution < -0.4 is 16.2 Å². The Morgan fingerprint density at radius 2 is 1.89 bits per heavy atom. The number of carbonyl (C=O) groups is 1. The molecule has 0 spiro atoms. The highest BCUT2D eigenvalue weighted by Gasteiger charge is 2.29. The Kier molecular flexibility index (Phi) is 4.87. The molecule has 1 saturated heterocycles.